The molecule has 4 rings (SSSR count). The van der Waals surface area contributed by atoms with Crippen LogP contribution in [-0.4, -0.2) is 85.9 Å². The van der Waals surface area contributed by atoms with Crippen molar-refractivity contribution in [2.45, 2.75) is 25.7 Å². The van der Waals surface area contributed by atoms with Crippen molar-refractivity contribution in [1.29, 1.82) is 0 Å². The molecule has 1 spiro atoms. The average Bonchev–Trinajstić information content (AvgIpc) is 2.96. The van der Waals surface area contributed by atoms with Gasteiger partial charge in [0.15, 0.2) is 0 Å². The van der Waals surface area contributed by atoms with E-state index >= 15 is 0 Å². The zero-order chi connectivity index (χ0) is 14.3. The quantitative estimate of drug-likeness (QED) is 0.516. The summed E-state index contributed by atoms with van der Waals surface area (Å²) < 4.78 is -1.70. The maximum atomic E-state index is 12.8. The van der Waals surface area contributed by atoms with E-state index in [0.29, 0.717) is 6.42 Å². The Bertz CT molecular complexity index is 603. The third-order valence-electron chi connectivity index (χ3n) is 4.92. The Kier molecular flexibility index (Phi) is 2.35. The number of piperazine rings is 1. The molecule has 0 aromatic heterocycles. The van der Waals surface area contributed by atoms with E-state index in [1.54, 1.807) is 24.1 Å². The molecular weight excluding hydrogens is 367 g/mol. The number of rotatable bonds is 1. The Hall–Kier alpha value is -0.861. The van der Waals surface area contributed by atoms with Crippen LogP contribution in [0.5, 0.6) is 0 Å². The van der Waals surface area contributed by atoms with Gasteiger partial charge in [0.25, 0.3) is 0 Å². The van der Waals surface area contributed by atoms with Crippen LogP contribution in [0.4, 0.5) is 0 Å². The van der Waals surface area contributed by atoms with Crippen LogP contribution in [0.1, 0.15) is 6.42 Å². The summed E-state index contributed by atoms with van der Waals surface area (Å²) >= 11 is -1.53. The monoisotopic (exact) mass is 382 g/mol. The fourth-order valence-corrected chi connectivity index (χ4v) is 10.2. The van der Waals surface area contributed by atoms with Crippen LogP contribution < -0.4 is 0 Å². The minimum atomic E-state index is -1.53. The fraction of sp³-hybridized carbons (Fsp3) is 0.538. The topological polar surface area (TPSA) is 81.1 Å². The van der Waals surface area contributed by atoms with E-state index < -0.39 is 40.4 Å². The van der Waals surface area contributed by atoms with Crippen LogP contribution in [0.3, 0.4) is 0 Å². The Morgan fingerprint density at radius 3 is 2.90 bits per heavy atom. The summed E-state index contributed by atoms with van der Waals surface area (Å²) in [4.78, 5) is 28.5. The molecule has 2 amide bonds. The molecule has 2 bridgehead atoms. The van der Waals surface area contributed by atoms with Crippen molar-refractivity contribution < 1.29 is 19.8 Å². The molecule has 4 aliphatic rings. The van der Waals surface area contributed by atoms with Gasteiger partial charge in [-0.25, -0.2) is 0 Å². The van der Waals surface area contributed by atoms with Crippen molar-refractivity contribution in [2.75, 3.05) is 13.7 Å². The molecule has 3 heterocycles. The van der Waals surface area contributed by atoms with Crippen molar-refractivity contribution in [3.8, 4) is 0 Å². The first-order valence-electron chi connectivity index (χ1n) is 6.55. The summed E-state index contributed by atoms with van der Waals surface area (Å²) in [6.07, 6.45) is 5.11. The van der Waals surface area contributed by atoms with Crippen molar-refractivity contribution in [1.82, 2.24) is 9.80 Å². The summed E-state index contributed by atoms with van der Waals surface area (Å²) in [7, 11) is 1.62. The number of fused-ring (bicyclic) bond motifs is 3. The number of likely N-dealkylation sites (N-methyl/N-ethyl adjacent to an activating group) is 1. The summed E-state index contributed by atoms with van der Waals surface area (Å²) in [5.41, 5.74) is 0.962. The van der Waals surface area contributed by atoms with Crippen LogP contribution >= 0.6 is 0 Å². The van der Waals surface area contributed by atoms with E-state index in [1.165, 1.54) is 4.90 Å². The third kappa shape index (κ3) is 1.12. The molecule has 1 aliphatic carbocycles. The first kappa shape index (κ1) is 12.8. The molecule has 3 aliphatic heterocycles. The van der Waals surface area contributed by atoms with Crippen LogP contribution in [0, 0.1) is 0 Å². The van der Waals surface area contributed by atoms with Crippen molar-refractivity contribution in [3.63, 3.8) is 0 Å². The maximum absolute atomic E-state index is 12.8. The van der Waals surface area contributed by atoms with Gasteiger partial charge in [-0.15, -0.1) is 0 Å². The molecule has 0 saturated carbocycles. The fourth-order valence-electron chi connectivity index (χ4n) is 3.94. The van der Waals surface area contributed by atoms with Gasteiger partial charge in [0.2, 0.25) is 0 Å². The van der Waals surface area contributed by atoms with Gasteiger partial charge in [0.05, 0.1) is 0 Å². The van der Waals surface area contributed by atoms with Crippen LogP contribution in [0.15, 0.2) is 23.8 Å². The number of amides is 2. The molecule has 2 N–H and O–H groups in total. The molecule has 0 aromatic rings. The molecule has 3 fully saturated rings. The van der Waals surface area contributed by atoms with E-state index in [0.717, 1.165) is 5.57 Å². The SMILES string of the molecule is CN1C(=O)[C@]23CC4=CC=C[C@H](O)[C@H]4N2C(=O)[C@@]1(CO)[Sn]3. The zero-order valence-electron chi connectivity index (χ0n) is 10.9. The molecule has 3 saturated heterocycles. The van der Waals surface area contributed by atoms with Gasteiger partial charge >= 0.3 is 126 Å². The van der Waals surface area contributed by atoms with Crippen LogP contribution in [0.25, 0.3) is 0 Å². The number of nitrogens with zero attached hydrogens (tertiary/aromatic N) is 2. The summed E-state index contributed by atoms with van der Waals surface area (Å²) in [5.74, 6) is -0.225. The first-order valence-corrected chi connectivity index (χ1v) is 9.41. The number of aliphatic hydroxyl groups excluding tert-OH is 2. The van der Waals surface area contributed by atoms with E-state index in [-0.39, 0.29) is 18.4 Å². The number of aliphatic hydroxyl groups is 2. The Labute approximate surface area is 125 Å². The van der Waals surface area contributed by atoms with E-state index in [9.17, 15) is 19.8 Å². The molecule has 4 atom stereocenters. The summed E-state index contributed by atoms with van der Waals surface area (Å²) in [5, 5.41) is 19.9. The number of allylic oxidation sites excluding steroid dienone is 2. The second-order valence-electron chi connectivity index (χ2n) is 5.78. The normalized spacial score (nSPS) is 45.0. The number of carbonyl (C=O) groups excluding carboxylic acids is 2. The molecule has 7 heteroatoms. The third-order valence-corrected chi connectivity index (χ3v) is 11.1. The van der Waals surface area contributed by atoms with Gasteiger partial charge in [-0.05, 0) is 0 Å². The predicted molar refractivity (Wildman–Crippen MR) is 69.6 cm³/mol. The number of carbonyl (C=O) groups is 2. The summed E-state index contributed by atoms with van der Waals surface area (Å²) in [6, 6.07) is -0.417. The molecule has 104 valence electrons. The van der Waals surface area contributed by atoms with E-state index in [4.69, 9.17) is 0 Å². The first-order chi connectivity index (χ1) is 9.48. The Morgan fingerprint density at radius 1 is 1.45 bits per heavy atom. The van der Waals surface area contributed by atoms with Crippen molar-refractivity contribution >= 4 is 33.0 Å². The Balaban J connectivity index is 1.89. The summed E-state index contributed by atoms with van der Waals surface area (Å²) in [6.45, 7) is -0.295. The molecular formula is C13H14N2O4Sn. The predicted octanol–water partition coefficient (Wildman–Crippen LogP) is -1.98. The van der Waals surface area contributed by atoms with Gasteiger partial charge in [0, 0.05) is 0 Å². The van der Waals surface area contributed by atoms with Gasteiger partial charge in [-0.2, -0.15) is 0 Å². The zero-order valence-corrected chi connectivity index (χ0v) is 13.8. The second kappa shape index (κ2) is 3.66. The van der Waals surface area contributed by atoms with Gasteiger partial charge in [0.1, 0.15) is 0 Å². The molecule has 0 unspecified atom stereocenters. The van der Waals surface area contributed by atoms with Crippen molar-refractivity contribution in [2.24, 2.45) is 0 Å². The van der Waals surface area contributed by atoms with E-state index in [1.807, 2.05) is 6.08 Å². The molecule has 0 aromatic carbocycles. The van der Waals surface area contributed by atoms with Crippen LogP contribution in [-0.2, 0) is 9.59 Å². The minimum absolute atomic E-state index is 0.0553. The van der Waals surface area contributed by atoms with Crippen LogP contribution in [0.2, 0.25) is 0 Å². The standard InChI is InChI=1S/C13H14N2O4.Sn/c1-14-9(6-16)13(19)15-8(12(14)18)5-7-3-2-4-10(17)11(7)15;/h2-4,10-11,16-17H,5-6H2,1H3;/t10-,11-;/m0./s1. The number of hydrogen-bond acceptors (Lipinski definition) is 4. The van der Waals surface area contributed by atoms with Gasteiger partial charge in [-0.3, -0.25) is 0 Å². The Morgan fingerprint density at radius 2 is 2.20 bits per heavy atom. The molecule has 2 radical (unpaired) electrons. The molecule has 20 heavy (non-hydrogen) atoms. The second-order valence-corrected chi connectivity index (χ2v) is 11.2. The van der Waals surface area contributed by atoms with Gasteiger partial charge < -0.3 is 0 Å². The van der Waals surface area contributed by atoms with E-state index in [2.05, 4.69) is 0 Å². The number of hydrogen-bond donors (Lipinski definition) is 2. The van der Waals surface area contributed by atoms with Gasteiger partial charge in [-0.1, -0.05) is 0 Å². The average molecular weight is 381 g/mol. The van der Waals surface area contributed by atoms with Crippen molar-refractivity contribution in [3.05, 3.63) is 23.8 Å². The molecule has 6 nitrogen and oxygen atoms in total.